The van der Waals surface area contributed by atoms with Crippen LogP contribution in [-0.4, -0.2) is 10.2 Å². The monoisotopic (exact) mass is 444 g/mol. The molecule has 0 radical (unpaired) electrons. The van der Waals surface area contributed by atoms with Gasteiger partial charge in [-0.3, -0.25) is 0 Å². The highest BCUT2D eigenvalue weighted by Crippen LogP contribution is 2.31. The average molecular weight is 444 g/mol. The Morgan fingerprint density at radius 1 is 0.529 bits per heavy atom. The van der Waals surface area contributed by atoms with Gasteiger partial charge in [0.1, 0.15) is 35.8 Å². The first-order valence-electron chi connectivity index (χ1n) is 9.82. The summed E-state index contributed by atoms with van der Waals surface area (Å²) in [7, 11) is 0. The van der Waals surface area contributed by atoms with Gasteiger partial charge in [-0.25, -0.2) is 0 Å². The smallest absolute Gasteiger partial charge is 0.153 e. The zero-order chi connectivity index (χ0) is 24.5. The molecular formula is C26H16N6O2. The Bertz CT molecular complexity index is 1310. The fraction of sp³-hybridized carbons (Fsp3) is 0. The van der Waals surface area contributed by atoms with Crippen molar-refractivity contribution in [3.8, 4) is 35.8 Å². The number of benzene rings is 3. The third-order valence-corrected chi connectivity index (χ3v) is 4.74. The van der Waals surface area contributed by atoms with Crippen molar-refractivity contribution in [1.29, 1.82) is 21.0 Å². The summed E-state index contributed by atoms with van der Waals surface area (Å²) < 4.78 is 0. The summed E-state index contributed by atoms with van der Waals surface area (Å²) in [6.07, 6.45) is 0. The van der Waals surface area contributed by atoms with E-state index in [1.807, 2.05) is 24.3 Å². The molecule has 3 aromatic rings. The van der Waals surface area contributed by atoms with Crippen LogP contribution >= 0.6 is 0 Å². The van der Waals surface area contributed by atoms with E-state index >= 15 is 0 Å². The number of phenolic OH excluding ortho intramolecular Hbond substituents is 2. The first-order chi connectivity index (χ1) is 16.5. The van der Waals surface area contributed by atoms with Crippen LogP contribution in [0.1, 0.15) is 11.1 Å². The molecule has 162 valence electrons. The summed E-state index contributed by atoms with van der Waals surface area (Å²) in [6.45, 7) is 0. The highest BCUT2D eigenvalue weighted by molar-refractivity contribution is 5.88. The second kappa shape index (κ2) is 10.6. The Labute approximate surface area is 195 Å². The molecule has 0 atom stereocenters. The Hall–Kier alpha value is -5.70. The van der Waals surface area contributed by atoms with Gasteiger partial charge in [-0.2, -0.15) is 21.0 Å². The van der Waals surface area contributed by atoms with Crippen molar-refractivity contribution < 1.29 is 10.2 Å². The predicted molar refractivity (Wildman–Crippen MR) is 126 cm³/mol. The van der Waals surface area contributed by atoms with Crippen LogP contribution < -0.4 is 10.6 Å². The molecule has 34 heavy (non-hydrogen) atoms. The highest BCUT2D eigenvalue weighted by Gasteiger charge is 2.15. The first-order valence-corrected chi connectivity index (χ1v) is 9.82. The Morgan fingerprint density at radius 2 is 0.853 bits per heavy atom. The van der Waals surface area contributed by atoms with Gasteiger partial charge in [0.25, 0.3) is 0 Å². The van der Waals surface area contributed by atoms with E-state index in [1.165, 1.54) is 12.1 Å². The van der Waals surface area contributed by atoms with Gasteiger partial charge < -0.3 is 20.8 Å². The standard InChI is InChI=1S/C26H16N6O2/c27-13-19(14-28)25(31-21-5-1-3-7-23(21)33)17-9-11-18(12-10-17)26(20(15-29)16-30)32-22-6-2-4-8-24(22)34/h1-12,31-34H. The summed E-state index contributed by atoms with van der Waals surface area (Å²) in [6, 6.07) is 26.6. The number of para-hydroxylation sites is 4. The van der Waals surface area contributed by atoms with Gasteiger partial charge in [0.05, 0.1) is 22.8 Å². The third-order valence-electron chi connectivity index (χ3n) is 4.74. The minimum absolute atomic E-state index is 0.0587. The van der Waals surface area contributed by atoms with Gasteiger partial charge in [-0.15, -0.1) is 0 Å². The van der Waals surface area contributed by atoms with Crippen LogP contribution in [0.15, 0.2) is 83.9 Å². The molecule has 0 heterocycles. The molecule has 0 saturated heterocycles. The summed E-state index contributed by atoms with van der Waals surface area (Å²) in [5, 5.41) is 63.7. The normalized spacial score (nSPS) is 9.29. The lowest BCUT2D eigenvalue weighted by Gasteiger charge is -2.15. The zero-order valence-corrected chi connectivity index (χ0v) is 17.6. The maximum absolute atomic E-state index is 10.1. The molecule has 0 aliphatic rings. The molecule has 3 aromatic carbocycles. The number of nitrogens with zero attached hydrogens (tertiary/aromatic N) is 4. The Kier molecular flexibility index (Phi) is 7.13. The van der Waals surface area contributed by atoms with E-state index in [1.54, 1.807) is 60.7 Å². The molecule has 0 spiro atoms. The second-order valence-corrected chi connectivity index (χ2v) is 6.81. The van der Waals surface area contributed by atoms with Crippen LogP contribution in [0.5, 0.6) is 11.5 Å². The summed E-state index contributed by atoms with van der Waals surface area (Å²) >= 11 is 0. The van der Waals surface area contributed by atoms with Gasteiger partial charge in [0, 0.05) is 11.1 Å². The van der Waals surface area contributed by atoms with Crippen LogP contribution in [0.2, 0.25) is 0 Å². The summed E-state index contributed by atoms with van der Waals surface area (Å²) in [5.41, 5.74) is 1.49. The summed E-state index contributed by atoms with van der Waals surface area (Å²) in [5.74, 6) is -0.117. The fourth-order valence-electron chi connectivity index (χ4n) is 3.06. The van der Waals surface area contributed by atoms with Gasteiger partial charge >= 0.3 is 0 Å². The average Bonchev–Trinajstić information content (AvgIpc) is 2.86. The SMILES string of the molecule is N#CC(C#N)=C(Nc1ccccc1O)c1ccc(C(Nc2ccccc2O)=C(C#N)C#N)cc1. The van der Waals surface area contributed by atoms with Crippen molar-refractivity contribution in [2.75, 3.05) is 10.6 Å². The van der Waals surface area contributed by atoms with E-state index in [9.17, 15) is 31.3 Å². The van der Waals surface area contributed by atoms with Crippen molar-refractivity contribution in [2.24, 2.45) is 0 Å². The molecule has 3 rings (SSSR count). The molecule has 8 nitrogen and oxygen atoms in total. The number of phenols is 2. The Balaban J connectivity index is 2.06. The van der Waals surface area contributed by atoms with Gasteiger partial charge in [0.15, 0.2) is 11.1 Å². The molecule has 0 aliphatic carbocycles. The molecule has 4 N–H and O–H groups in total. The zero-order valence-electron chi connectivity index (χ0n) is 17.6. The van der Waals surface area contributed by atoms with E-state index in [2.05, 4.69) is 10.6 Å². The minimum atomic E-state index is -0.200. The van der Waals surface area contributed by atoms with Crippen molar-refractivity contribution in [1.82, 2.24) is 0 Å². The van der Waals surface area contributed by atoms with E-state index in [0.29, 0.717) is 22.5 Å². The maximum atomic E-state index is 10.1. The first kappa shape index (κ1) is 23.0. The number of hydrogen-bond acceptors (Lipinski definition) is 8. The number of allylic oxidation sites excluding steroid dienone is 2. The molecule has 0 amide bonds. The number of anilines is 2. The van der Waals surface area contributed by atoms with E-state index < -0.39 is 0 Å². The Morgan fingerprint density at radius 3 is 1.15 bits per heavy atom. The second-order valence-electron chi connectivity index (χ2n) is 6.81. The number of rotatable bonds is 6. The molecule has 0 unspecified atom stereocenters. The van der Waals surface area contributed by atoms with Crippen LogP contribution in [0.4, 0.5) is 11.4 Å². The van der Waals surface area contributed by atoms with Crippen molar-refractivity contribution in [3.63, 3.8) is 0 Å². The lowest BCUT2D eigenvalue weighted by Crippen LogP contribution is -2.05. The topological polar surface area (TPSA) is 160 Å². The van der Waals surface area contributed by atoms with Gasteiger partial charge in [-0.05, 0) is 24.3 Å². The molecule has 0 aliphatic heterocycles. The van der Waals surface area contributed by atoms with Crippen LogP contribution in [-0.2, 0) is 0 Å². The van der Waals surface area contributed by atoms with Crippen LogP contribution in [0.3, 0.4) is 0 Å². The van der Waals surface area contributed by atoms with Crippen molar-refractivity contribution >= 4 is 22.8 Å². The third kappa shape index (κ3) is 4.95. The van der Waals surface area contributed by atoms with Crippen molar-refractivity contribution in [3.05, 3.63) is 95.1 Å². The lowest BCUT2D eigenvalue weighted by atomic mass is 10.0. The van der Waals surface area contributed by atoms with Gasteiger partial charge in [-0.1, -0.05) is 48.5 Å². The van der Waals surface area contributed by atoms with E-state index in [-0.39, 0.29) is 34.0 Å². The molecule has 0 aromatic heterocycles. The quantitative estimate of drug-likeness (QED) is 0.310. The molecule has 0 saturated carbocycles. The molecular weight excluding hydrogens is 428 g/mol. The highest BCUT2D eigenvalue weighted by atomic mass is 16.3. The predicted octanol–water partition coefficient (Wildman–Crippen LogP) is 4.84. The molecule has 8 heteroatoms. The number of hydrogen-bond donors (Lipinski definition) is 4. The van der Waals surface area contributed by atoms with Gasteiger partial charge in [0.2, 0.25) is 0 Å². The molecule has 0 fully saturated rings. The fourth-order valence-corrected chi connectivity index (χ4v) is 3.06. The minimum Gasteiger partial charge on any atom is -0.506 e. The van der Waals surface area contributed by atoms with Crippen LogP contribution in [0, 0.1) is 45.3 Å². The lowest BCUT2D eigenvalue weighted by molar-refractivity contribution is 0.477. The maximum Gasteiger partial charge on any atom is 0.153 e. The molecule has 0 bridgehead atoms. The largest absolute Gasteiger partial charge is 0.506 e. The summed E-state index contributed by atoms with van der Waals surface area (Å²) in [4.78, 5) is 0. The number of nitriles is 4. The van der Waals surface area contributed by atoms with E-state index in [4.69, 9.17) is 0 Å². The van der Waals surface area contributed by atoms with Crippen LogP contribution in [0.25, 0.3) is 11.4 Å². The van der Waals surface area contributed by atoms with Crippen molar-refractivity contribution in [2.45, 2.75) is 0 Å². The number of aromatic hydroxyl groups is 2. The van der Waals surface area contributed by atoms with E-state index in [0.717, 1.165) is 0 Å². The number of nitrogens with one attached hydrogen (secondary N) is 2.